The van der Waals surface area contributed by atoms with Gasteiger partial charge in [0.25, 0.3) is 0 Å². The number of halogens is 1. The fraction of sp³-hybridized carbons (Fsp3) is 0.300. The maximum atomic E-state index is 13.2. The second-order valence-electron chi connectivity index (χ2n) is 6.67. The zero-order valence-electron chi connectivity index (χ0n) is 14.2. The summed E-state index contributed by atoms with van der Waals surface area (Å²) in [6.45, 7) is 0.433. The molecule has 2 N–H and O–H groups in total. The van der Waals surface area contributed by atoms with Gasteiger partial charge in [-0.05, 0) is 48.2 Å². The van der Waals surface area contributed by atoms with Crippen LogP contribution < -0.4 is 5.73 Å². The minimum atomic E-state index is -0.485. The van der Waals surface area contributed by atoms with Crippen LogP contribution in [0.25, 0.3) is 0 Å². The quantitative estimate of drug-likeness (QED) is 0.890. The SMILES string of the molecule is CN(Cc1cccc(C(N)=O)c1)C(=O)C1(c2cccc(Cl)c2)CCC1. The number of carbonyl (C=O) groups is 2. The highest BCUT2D eigenvalue weighted by Crippen LogP contribution is 2.45. The Morgan fingerprint density at radius 1 is 1.16 bits per heavy atom. The highest BCUT2D eigenvalue weighted by Gasteiger charge is 2.47. The van der Waals surface area contributed by atoms with E-state index in [1.165, 1.54) is 0 Å². The van der Waals surface area contributed by atoms with Gasteiger partial charge in [-0.15, -0.1) is 0 Å². The van der Waals surface area contributed by atoms with E-state index in [0.717, 1.165) is 30.4 Å². The topological polar surface area (TPSA) is 63.4 Å². The number of benzene rings is 2. The zero-order valence-corrected chi connectivity index (χ0v) is 14.9. The van der Waals surface area contributed by atoms with Crippen LogP contribution in [-0.4, -0.2) is 23.8 Å². The molecule has 0 bridgehead atoms. The number of nitrogens with zero attached hydrogens (tertiary/aromatic N) is 1. The Balaban J connectivity index is 1.81. The summed E-state index contributed by atoms with van der Waals surface area (Å²) < 4.78 is 0. The molecule has 1 aliphatic rings. The zero-order chi connectivity index (χ0) is 18.0. The second kappa shape index (κ2) is 6.89. The summed E-state index contributed by atoms with van der Waals surface area (Å²) in [5.41, 5.74) is 7.16. The molecule has 1 aliphatic carbocycles. The minimum Gasteiger partial charge on any atom is -0.366 e. The molecule has 2 aromatic carbocycles. The summed E-state index contributed by atoms with van der Waals surface area (Å²) in [6.07, 6.45) is 2.69. The fourth-order valence-electron chi connectivity index (χ4n) is 3.48. The largest absolute Gasteiger partial charge is 0.366 e. The molecule has 4 nitrogen and oxygen atoms in total. The van der Waals surface area contributed by atoms with Crippen molar-refractivity contribution in [2.75, 3.05) is 7.05 Å². The van der Waals surface area contributed by atoms with E-state index in [2.05, 4.69) is 0 Å². The van der Waals surface area contributed by atoms with E-state index in [1.54, 1.807) is 30.1 Å². The third-order valence-electron chi connectivity index (χ3n) is 4.97. The highest BCUT2D eigenvalue weighted by atomic mass is 35.5. The number of rotatable bonds is 5. The fourth-order valence-corrected chi connectivity index (χ4v) is 3.67. The maximum Gasteiger partial charge on any atom is 0.248 e. The van der Waals surface area contributed by atoms with Crippen LogP contribution in [0.15, 0.2) is 48.5 Å². The van der Waals surface area contributed by atoms with Gasteiger partial charge in [-0.2, -0.15) is 0 Å². The van der Waals surface area contributed by atoms with Crippen molar-refractivity contribution < 1.29 is 9.59 Å². The monoisotopic (exact) mass is 356 g/mol. The molecule has 0 unspecified atom stereocenters. The smallest absolute Gasteiger partial charge is 0.248 e. The summed E-state index contributed by atoms with van der Waals surface area (Å²) in [5, 5.41) is 0.647. The van der Waals surface area contributed by atoms with Crippen LogP contribution in [0.4, 0.5) is 0 Å². The summed E-state index contributed by atoms with van der Waals surface area (Å²) in [5.74, 6) is -0.379. The van der Waals surface area contributed by atoms with Crippen molar-refractivity contribution in [2.45, 2.75) is 31.2 Å². The lowest BCUT2D eigenvalue weighted by atomic mass is 9.63. The van der Waals surface area contributed by atoms with Gasteiger partial charge >= 0.3 is 0 Å². The molecular weight excluding hydrogens is 336 g/mol. The Hall–Kier alpha value is -2.33. The highest BCUT2D eigenvalue weighted by molar-refractivity contribution is 6.30. The summed E-state index contributed by atoms with van der Waals surface area (Å²) >= 11 is 6.12. The lowest BCUT2D eigenvalue weighted by Crippen LogP contribution is -2.49. The lowest BCUT2D eigenvalue weighted by Gasteiger charge is -2.43. The molecule has 2 aromatic rings. The van der Waals surface area contributed by atoms with Gasteiger partial charge in [-0.25, -0.2) is 0 Å². The van der Waals surface area contributed by atoms with E-state index in [9.17, 15) is 9.59 Å². The van der Waals surface area contributed by atoms with Crippen molar-refractivity contribution in [3.05, 3.63) is 70.2 Å². The van der Waals surface area contributed by atoms with Crippen LogP contribution in [-0.2, 0) is 16.8 Å². The molecular formula is C20H21ClN2O2. The van der Waals surface area contributed by atoms with E-state index in [4.69, 9.17) is 17.3 Å². The first-order valence-corrected chi connectivity index (χ1v) is 8.70. The standard InChI is InChI=1S/C20H21ClN2O2/c1-23(13-14-5-2-6-15(11-14)18(22)24)19(25)20(9-4-10-20)16-7-3-8-17(21)12-16/h2-3,5-8,11-12H,4,9-10,13H2,1H3,(H2,22,24). The van der Waals surface area contributed by atoms with Crippen LogP contribution in [0.2, 0.25) is 5.02 Å². The predicted molar refractivity (Wildman–Crippen MR) is 98.4 cm³/mol. The Morgan fingerprint density at radius 2 is 1.88 bits per heavy atom. The number of likely N-dealkylation sites (N-methyl/N-ethyl adjacent to an activating group) is 1. The molecule has 0 atom stereocenters. The first-order valence-electron chi connectivity index (χ1n) is 8.33. The minimum absolute atomic E-state index is 0.0884. The van der Waals surface area contributed by atoms with Gasteiger partial charge in [0, 0.05) is 24.2 Å². The van der Waals surface area contributed by atoms with Gasteiger partial charge in [0.05, 0.1) is 5.41 Å². The average Bonchev–Trinajstić information content (AvgIpc) is 2.54. The van der Waals surface area contributed by atoms with Gasteiger partial charge in [0.1, 0.15) is 0 Å². The van der Waals surface area contributed by atoms with Crippen LogP contribution in [0.1, 0.15) is 40.7 Å². The number of carbonyl (C=O) groups excluding carboxylic acids is 2. The molecule has 0 spiro atoms. The Kier molecular flexibility index (Phi) is 4.82. The first kappa shape index (κ1) is 17.5. The van der Waals surface area contributed by atoms with Gasteiger partial charge in [-0.3, -0.25) is 9.59 Å². The van der Waals surface area contributed by atoms with Crippen molar-refractivity contribution >= 4 is 23.4 Å². The molecule has 0 saturated heterocycles. The molecule has 2 amide bonds. The maximum absolute atomic E-state index is 13.2. The predicted octanol–water partition coefficient (Wildman–Crippen LogP) is 3.52. The molecule has 0 aliphatic heterocycles. The summed E-state index contributed by atoms with van der Waals surface area (Å²) in [7, 11) is 1.80. The van der Waals surface area contributed by atoms with E-state index < -0.39 is 11.3 Å². The number of nitrogens with two attached hydrogens (primary N) is 1. The van der Waals surface area contributed by atoms with E-state index in [1.807, 2.05) is 30.3 Å². The van der Waals surface area contributed by atoms with Crippen LogP contribution in [0.3, 0.4) is 0 Å². The number of hydrogen-bond acceptors (Lipinski definition) is 2. The van der Waals surface area contributed by atoms with Crippen LogP contribution in [0, 0.1) is 0 Å². The molecule has 5 heteroatoms. The molecule has 3 rings (SSSR count). The first-order chi connectivity index (χ1) is 11.9. The molecule has 0 radical (unpaired) electrons. The average molecular weight is 357 g/mol. The van der Waals surface area contributed by atoms with Crippen molar-refractivity contribution in [3.63, 3.8) is 0 Å². The normalized spacial score (nSPS) is 15.3. The van der Waals surface area contributed by atoms with Crippen LogP contribution in [0.5, 0.6) is 0 Å². The Labute approximate surface area is 152 Å². The second-order valence-corrected chi connectivity index (χ2v) is 7.11. The van der Waals surface area contributed by atoms with Gasteiger partial charge in [0.2, 0.25) is 11.8 Å². The van der Waals surface area contributed by atoms with E-state index in [-0.39, 0.29) is 5.91 Å². The molecule has 0 aromatic heterocycles. The van der Waals surface area contributed by atoms with Gasteiger partial charge in [-0.1, -0.05) is 42.3 Å². The number of amides is 2. The number of primary amides is 1. The third-order valence-corrected chi connectivity index (χ3v) is 5.21. The lowest BCUT2D eigenvalue weighted by molar-refractivity contribution is -0.140. The Bertz CT molecular complexity index is 815. The summed E-state index contributed by atoms with van der Waals surface area (Å²) in [4.78, 5) is 26.2. The van der Waals surface area contributed by atoms with Crippen molar-refractivity contribution in [1.29, 1.82) is 0 Å². The van der Waals surface area contributed by atoms with Gasteiger partial charge < -0.3 is 10.6 Å². The Morgan fingerprint density at radius 3 is 2.48 bits per heavy atom. The van der Waals surface area contributed by atoms with E-state index >= 15 is 0 Å². The molecule has 130 valence electrons. The molecule has 1 saturated carbocycles. The number of hydrogen-bond donors (Lipinski definition) is 1. The van der Waals surface area contributed by atoms with Gasteiger partial charge in [0.15, 0.2) is 0 Å². The molecule has 25 heavy (non-hydrogen) atoms. The third kappa shape index (κ3) is 3.40. The van der Waals surface area contributed by atoms with E-state index in [0.29, 0.717) is 17.1 Å². The molecule has 0 heterocycles. The van der Waals surface area contributed by atoms with Crippen LogP contribution >= 0.6 is 11.6 Å². The summed E-state index contributed by atoms with van der Waals surface area (Å²) in [6, 6.07) is 14.7. The molecule has 1 fully saturated rings. The van der Waals surface area contributed by atoms with Crippen molar-refractivity contribution in [1.82, 2.24) is 4.90 Å². The van der Waals surface area contributed by atoms with Crippen molar-refractivity contribution in [2.24, 2.45) is 5.73 Å². The van der Waals surface area contributed by atoms with Crippen molar-refractivity contribution in [3.8, 4) is 0 Å².